The molecule has 0 aliphatic carbocycles. The molecule has 90 valence electrons. The standard InChI is InChI=1S/C11H9BrClFN2S/c12-9-5-17-4-8(9)11(16-15)7-2-1-6(13)3-10(7)14/h1-5,11,16H,15H2. The Balaban J connectivity index is 2.46. The van der Waals surface area contributed by atoms with Gasteiger partial charge < -0.3 is 0 Å². The average Bonchev–Trinajstić information content (AvgIpc) is 2.69. The minimum atomic E-state index is -0.395. The maximum Gasteiger partial charge on any atom is 0.129 e. The molecule has 0 radical (unpaired) electrons. The van der Waals surface area contributed by atoms with E-state index in [0.717, 1.165) is 10.0 Å². The maximum atomic E-state index is 13.8. The average molecular weight is 336 g/mol. The van der Waals surface area contributed by atoms with E-state index in [-0.39, 0.29) is 5.82 Å². The Bertz CT molecular complexity index is 532. The molecule has 1 unspecified atom stereocenters. The largest absolute Gasteiger partial charge is 0.271 e. The smallest absolute Gasteiger partial charge is 0.129 e. The van der Waals surface area contributed by atoms with Crippen LogP contribution < -0.4 is 11.3 Å². The van der Waals surface area contributed by atoms with E-state index in [9.17, 15) is 4.39 Å². The normalized spacial score (nSPS) is 12.7. The number of nitrogens with one attached hydrogen (secondary N) is 1. The van der Waals surface area contributed by atoms with Gasteiger partial charge in [0.25, 0.3) is 0 Å². The number of hydrazine groups is 1. The Hall–Kier alpha value is -0.460. The number of thiophene rings is 1. The number of hydrogen-bond donors (Lipinski definition) is 2. The highest BCUT2D eigenvalue weighted by molar-refractivity contribution is 9.10. The van der Waals surface area contributed by atoms with Gasteiger partial charge in [0.1, 0.15) is 5.82 Å². The van der Waals surface area contributed by atoms with Crippen molar-refractivity contribution < 1.29 is 4.39 Å². The van der Waals surface area contributed by atoms with Crippen LogP contribution in [0.25, 0.3) is 0 Å². The van der Waals surface area contributed by atoms with Crippen molar-refractivity contribution >= 4 is 38.9 Å². The van der Waals surface area contributed by atoms with Gasteiger partial charge in [-0.1, -0.05) is 17.7 Å². The van der Waals surface area contributed by atoms with Crippen molar-refractivity contribution in [2.24, 2.45) is 5.84 Å². The van der Waals surface area contributed by atoms with Gasteiger partial charge in [-0.2, -0.15) is 11.3 Å². The second kappa shape index (κ2) is 5.46. The van der Waals surface area contributed by atoms with Gasteiger partial charge in [-0.3, -0.25) is 5.84 Å². The first kappa shape index (κ1) is 13.0. The van der Waals surface area contributed by atoms with E-state index in [4.69, 9.17) is 17.4 Å². The molecule has 0 saturated heterocycles. The fourth-order valence-electron chi connectivity index (χ4n) is 1.58. The lowest BCUT2D eigenvalue weighted by Gasteiger charge is -2.17. The molecule has 6 heteroatoms. The summed E-state index contributed by atoms with van der Waals surface area (Å²) in [6, 6.07) is 4.16. The zero-order valence-electron chi connectivity index (χ0n) is 8.58. The third-order valence-corrected chi connectivity index (χ3v) is 4.38. The van der Waals surface area contributed by atoms with E-state index in [0.29, 0.717) is 10.6 Å². The monoisotopic (exact) mass is 334 g/mol. The summed E-state index contributed by atoms with van der Waals surface area (Å²) in [7, 11) is 0. The Morgan fingerprint density at radius 2 is 2.12 bits per heavy atom. The van der Waals surface area contributed by atoms with E-state index in [2.05, 4.69) is 21.4 Å². The summed E-state index contributed by atoms with van der Waals surface area (Å²) in [4.78, 5) is 0. The predicted octanol–water partition coefficient (Wildman–Crippen LogP) is 3.86. The number of hydrogen-bond acceptors (Lipinski definition) is 3. The Labute approximate surface area is 116 Å². The highest BCUT2D eigenvalue weighted by Crippen LogP contribution is 2.32. The quantitative estimate of drug-likeness (QED) is 0.660. The van der Waals surface area contributed by atoms with Crippen LogP contribution in [0.2, 0.25) is 5.02 Å². The molecule has 0 aliphatic rings. The molecular weight excluding hydrogens is 327 g/mol. The molecule has 0 bridgehead atoms. The molecule has 0 fully saturated rings. The van der Waals surface area contributed by atoms with Crippen LogP contribution in [0.15, 0.2) is 33.4 Å². The Morgan fingerprint density at radius 3 is 2.65 bits per heavy atom. The van der Waals surface area contributed by atoms with Crippen molar-refractivity contribution in [2.45, 2.75) is 6.04 Å². The summed E-state index contributed by atoms with van der Waals surface area (Å²) < 4.78 is 14.7. The van der Waals surface area contributed by atoms with Crippen molar-refractivity contribution in [2.75, 3.05) is 0 Å². The van der Waals surface area contributed by atoms with Gasteiger partial charge >= 0.3 is 0 Å². The van der Waals surface area contributed by atoms with Gasteiger partial charge in [0.05, 0.1) is 6.04 Å². The molecule has 0 saturated carbocycles. The lowest BCUT2D eigenvalue weighted by atomic mass is 10.0. The highest BCUT2D eigenvalue weighted by Gasteiger charge is 2.19. The molecule has 1 heterocycles. The molecule has 2 aromatic rings. The van der Waals surface area contributed by atoms with Crippen molar-refractivity contribution in [1.29, 1.82) is 0 Å². The Morgan fingerprint density at radius 1 is 1.35 bits per heavy atom. The first-order chi connectivity index (χ1) is 8.13. The van der Waals surface area contributed by atoms with Crippen molar-refractivity contribution in [3.8, 4) is 0 Å². The van der Waals surface area contributed by atoms with Gasteiger partial charge in [0, 0.05) is 20.4 Å². The summed E-state index contributed by atoms with van der Waals surface area (Å²) in [5.74, 6) is 5.13. The van der Waals surface area contributed by atoms with E-state index in [1.165, 1.54) is 17.4 Å². The molecule has 0 spiro atoms. The topological polar surface area (TPSA) is 38.0 Å². The minimum Gasteiger partial charge on any atom is -0.271 e. The van der Waals surface area contributed by atoms with Crippen molar-refractivity contribution in [3.05, 3.63) is 55.4 Å². The fourth-order valence-corrected chi connectivity index (χ4v) is 3.29. The van der Waals surface area contributed by atoms with Crippen LogP contribution >= 0.6 is 38.9 Å². The molecule has 2 nitrogen and oxygen atoms in total. The van der Waals surface area contributed by atoms with Crippen LogP contribution in [-0.2, 0) is 0 Å². The third-order valence-electron chi connectivity index (χ3n) is 2.39. The second-order valence-corrected chi connectivity index (χ2v) is 5.47. The summed E-state index contributed by atoms with van der Waals surface area (Å²) >= 11 is 10.7. The van der Waals surface area contributed by atoms with Crippen LogP contribution in [0.4, 0.5) is 4.39 Å². The number of nitrogens with two attached hydrogens (primary N) is 1. The molecule has 1 aromatic heterocycles. The van der Waals surface area contributed by atoms with Crippen LogP contribution in [0.1, 0.15) is 17.2 Å². The van der Waals surface area contributed by atoms with Crippen molar-refractivity contribution in [3.63, 3.8) is 0 Å². The second-order valence-electron chi connectivity index (χ2n) is 3.44. The summed E-state index contributed by atoms with van der Waals surface area (Å²) in [5, 5.41) is 4.21. The molecule has 0 aliphatic heterocycles. The van der Waals surface area contributed by atoms with Crippen molar-refractivity contribution in [1.82, 2.24) is 5.43 Å². The minimum absolute atomic E-state index is 0.367. The zero-order chi connectivity index (χ0) is 12.4. The first-order valence-corrected chi connectivity index (χ1v) is 6.87. The molecule has 0 amide bonds. The summed E-state index contributed by atoms with van der Waals surface area (Å²) in [6.07, 6.45) is 0. The first-order valence-electron chi connectivity index (χ1n) is 4.76. The fraction of sp³-hybridized carbons (Fsp3) is 0.0909. The van der Waals surface area contributed by atoms with Gasteiger partial charge in [-0.25, -0.2) is 9.82 Å². The molecule has 3 N–H and O–H groups in total. The van der Waals surface area contributed by atoms with Gasteiger partial charge in [-0.05, 0) is 39.0 Å². The van der Waals surface area contributed by atoms with Gasteiger partial charge in [0.2, 0.25) is 0 Å². The lowest BCUT2D eigenvalue weighted by molar-refractivity contribution is 0.560. The third kappa shape index (κ3) is 2.69. The van der Waals surface area contributed by atoms with Crippen LogP contribution in [-0.4, -0.2) is 0 Å². The molecule has 17 heavy (non-hydrogen) atoms. The zero-order valence-corrected chi connectivity index (χ0v) is 11.7. The SMILES string of the molecule is NNC(c1ccc(Cl)cc1F)c1cscc1Br. The molecule has 2 rings (SSSR count). The Kier molecular flexibility index (Phi) is 4.17. The number of halogens is 3. The number of rotatable bonds is 3. The van der Waals surface area contributed by atoms with Crippen LogP contribution in [0.3, 0.4) is 0 Å². The maximum absolute atomic E-state index is 13.8. The van der Waals surface area contributed by atoms with E-state index in [1.807, 2.05) is 10.8 Å². The van der Waals surface area contributed by atoms with E-state index < -0.39 is 6.04 Å². The van der Waals surface area contributed by atoms with Crippen LogP contribution in [0, 0.1) is 5.82 Å². The van der Waals surface area contributed by atoms with E-state index >= 15 is 0 Å². The summed E-state index contributed by atoms with van der Waals surface area (Å²) in [5.41, 5.74) is 3.99. The summed E-state index contributed by atoms with van der Waals surface area (Å²) in [6.45, 7) is 0. The molecular formula is C11H9BrClFN2S. The number of benzene rings is 1. The van der Waals surface area contributed by atoms with Gasteiger partial charge in [-0.15, -0.1) is 0 Å². The predicted molar refractivity (Wildman–Crippen MR) is 72.6 cm³/mol. The molecule has 1 aromatic carbocycles. The van der Waals surface area contributed by atoms with Crippen LogP contribution in [0.5, 0.6) is 0 Å². The lowest BCUT2D eigenvalue weighted by Crippen LogP contribution is -2.29. The molecule has 1 atom stereocenters. The highest BCUT2D eigenvalue weighted by atomic mass is 79.9. The van der Waals surface area contributed by atoms with Gasteiger partial charge in [0.15, 0.2) is 0 Å². The van der Waals surface area contributed by atoms with E-state index in [1.54, 1.807) is 12.1 Å².